The first kappa shape index (κ1) is 17.8. The van der Waals surface area contributed by atoms with Crippen molar-refractivity contribution in [3.8, 4) is 0 Å². The Kier molecular flexibility index (Phi) is 4.57. The van der Waals surface area contributed by atoms with Crippen molar-refractivity contribution in [2.24, 2.45) is 0 Å². The molecule has 4 aromatic rings. The summed E-state index contributed by atoms with van der Waals surface area (Å²) in [4.78, 5) is 25.1. The molecule has 0 aliphatic heterocycles. The van der Waals surface area contributed by atoms with E-state index < -0.39 is 11.9 Å². The number of fused-ring (bicyclic) bond motifs is 3. The summed E-state index contributed by atoms with van der Waals surface area (Å²) in [5.41, 5.74) is 3.15. The van der Waals surface area contributed by atoms with Crippen molar-refractivity contribution >= 4 is 33.7 Å². The van der Waals surface area contributed by atoms with E-state index in [0.717, 1.165) is 21.9 Å². The number of benzene rings is 3. The Morgan fingerprint density at radius 3 is 2.18 bits per heavy atom. The Bertz CT molecular complexity index is 1190. The second-order valence-corrected chi connectivity index (χ2v) is 6.46. The summed E-state index contributed by atoms with van der Waals surface area (Å²) in [5, 5.41) is 1.90. The summed E-state index contributed by atoms with van der Waals surface area (Å²) in [6, 6.07) is 21.4. The monoisotopic (exact) mass is 373 g/mol. The van der Waals surface area contributed by atoms with Crippen LogP contribution in [0.2, 0.25) is 0 Å². The van der Waals surface area contributed by atoms with E-state index in [0.29, 0.717) is 12.1 Å². The molecule has 0 N–H and O–H groups in total. The number of carbonyl (C=O) groups excluding carboxylic acids is 2. The van der Waals surface area contributed by atoms with E-state index in [1.165, 1.54) is 14.2 Å². The van der Waals surface area contributed by atoms with Crippen molar-refractivity contribution in [1.82, 2.24) is 4.57 Å². The highest BCUT2D eigenvalue weighted by Crippen LogP contribution is 2.34. The van der Waals surface area contributed by atoms with Gasteiger partial charge >= 0.3 is 11.9 Å². The first-order chi connectivity index (χ1) is 13.7. The second-order valence-electron chi connectivity index (χ2n) is 6.46. The number of hydrogen-bond acceptors (Lipinski definition) is 4. The van der Waals surface area contributed by atoms with E-state index in [2.05, 4.69) is 4.57 Å². The Labute approximate surface area is 162 Å². The van der Waals surface area contributed by atoms with Crippen molar-refractivity contribution < 1.29 is 19.1 Å². The molecule has 5 heteroatoms. The molecule has 5 nitrogen and oxygen atoms in total. The highest BCUT2D eigenvalue weighted by atomic mass is 16.5. The summed E-state index contributed by atoms with van der Waals surface area (Å²) >= 11 is 0. The van der Waals surface area contributed by atoms with Crippen LogP contribution in [0, 0.1) is 0 Å². The van der Waals surface area contributed by atoms with Gasteiger partial charge < -0.3 is 14.0 Å². The fraction of sp³-hybridized carbons (Fsp3) is 0.130. The van der Waals surface area contributed by atoms with Crippen LogP contribution in [0.25, 0.3) is 21.8 Å². The lowest BCUT2D eigenvalue weighted by atomic mass is 10.0. The molecule has 0 unspecified atom stereocenters. The summed E-state index contributed by atoms with van der Waals surface area (Å²) in [6.07, 6.45) is 0. The van der Waals surface area contributed by atoms with E-state index in [9.17, 15) is 9.59 Å². The molecule has 0 saturated carbocycles. The first-order valence-electron chi connectivity index (χ1n) is 8.90. The SMILES string of the molecule is COC(=O)c1ccc2c3ccccc3n(Cc3ccccc3)c2c1C(=O)OC. The predicted octanol–water partition coefficient (Wildman–Crippen LogP) is 4.42. The fourth-order valence-electron chi connectivity index (χ4n) is 3.67. The van der Waals surface area contributed by atoms with Crippen molar-refractivity contribution in [2.45, 2.75) is 6.54 Å². The van der Waals surface area contributed by atoms with E-state index in [1.807, 2.05) is 60.7 Å². The van der Waals surface area contributed by atoms with Crippen LogP contribution < -0.4 is 0 Å². The van der Waals surface area contributed by atoms with E-state index in [-0.39, 0.29) is 11.1 Å². The van der Waals surface area contributed by atoms with Gasteiger partial charge in [-0.25, -0.2) is 9.59 Å². The Balaban J connectivity index is 2.12. The zero-order valence-corrected chi connectivity index (χ0v) is 15.6. The molecular weight excluding hydrogens is 354 g/mol. The molecule has 0 saturated heterocycles. The average molecular weight is 373 g/mol. The van der Waals surface area contributed by atoms with Gasteiger partial charge in [0.25, 0.3) is 0 Å². The van der Waals surface area contributed by atoms with Crippen LogP contribution >= 0.6 is 0 Å². The zero-order valence-electron chi connectivity index (χ0n) is 15.6. The number of ether oxygens (including phenoxy) is 2. The molecule has 140 valence electrons. The highest BCUT2D eigenvalue weighted by molar-refractivity contribution is 6.18. The van der Waals surface area contributed by atoms with Gasteiger partial charge in [-0.15, -0.1) is 0 Å². The Morgan fingerprint density at radius 1 is 0.786 bits per heavy atom. The van der Waals surface area contributed by atoms with Gasteiger partial charge in [-0.05, 0) is 17.7 Å². The molecule has 0 aliphatic rings. The quantitative estimate of drug-likeness (QED) is 0.497. The van der Waals surface area contributed by atoms with E-state index in [4.69, 9.17) is 9.47 Å². The largest absolute Gasteiger partial charge is 0.465 e. The molecule has 0 atom stereocenters. The molecule has 1 heterocycles. The maximum atomic E-state index is 12.7. The van der Waals surface area contributed by atoms with Crippen LogP contribution in [0.3, 0.4) is 0 Å². The minimum atomic E-state index is -0.571. The van der Waals surface area contributed by atoms with Crippen LogP contribution in [-0.2, 0) is 16.0 Å². The summed E-state index contributed by atoms with van der Waals surface area (Å²) < 4.78 is 12.0. The second kappa shape index (κ2) is 7.19. The third-order valence-corrected chi connectivity index (χ3v) is 4.91. The third-order valence-electron chi connectivity index (χ3n) is 4.91. The standard InChI is InChI=1S/C23H19NO4/c1-27-22(25)18-13-12-17-16-10-6-7-11-19(16)24(14-15-8-4-3-5-9-15)21(17)20(18)23(26)28-2/h3-13H,14H2,1-2H3. The van der Waals surface area contributed by atoms with Gasteiger partial charge in [0.2, 0.25) is 0 Å². The number of methoxy groups -OCH3 is 2. The van der Waals surface area contributed by atoms with Crippen LogP contribution in [0.4, 0.5) is 0 Å². The number of esters is 2. The fourth-order valence-corrected chi connectivity index (χ4v) is 3.67. The molecule has 0 amide bonds. The van der Waals surface area contributed by atoms with E-state index >= 15 is 0 Å². The van der Waals surface area contributed by atoms with Gasteiger partial charge in [0.15, 0.2) is 0 Å². The molecule has 0 aliphatic carbocycles. The predicted molar refractivity (Wildman–Crippen MR) is 108 cm³/mol. The smallest absolute Gasteiger partial charge is 0.340 e. The highest BCUT2D eigenvalue weighted by Gasteiger charge is 2.25. The van der Waals surface area contributed by atoms with Gasteiger partial charge in [-0.3, -0.25) is 0 Å². The minimum Gasteiger partial charge on any atom is -0.465 e. The number of para-hydroxylation sites is 1. The van der Waals surface area contributed by atoms with Crippen LogP contribution in [-0.4, -0.2) is 30.7 Å². The first-order valence-corrected chi connectivity index (χ1v) is 8.90. The van der Waals surface area contributed by atoms with Gasteiger partial charge in [0, 0.05) is 22.8 Å². The zero-order chi connectivity index (χ0) is 19.7. The van der Waals surface area contributed by atoms with Crippen LogP contribution in [0.5, 0.6) is 0 Å². The van der Waals surface area contributed by atoms with Gasteiger partial charge in [-0.1, -0.05) is 54.6 Å². The molecular formula is C23H19NO4. The van der Waals surface area contributed by atoms with Crippen molar-refractivity contribution in [3.63, 3.8) is 0 Å². The normalized spacial score (nSPS) is 10.9. The van der Waals surface area contributed by atoms with Crippen molar-refractivity contribution in [3.05, 3.63) is 83.4 Å². The van der Waals surface area contributed by atoms with E-state index in [1.54, 1.807) is 6.07 Å². The molecule has 28 heavy (non-hydrogen) atoms. The maximum absolute atomic E-state index is 12.7. The molecule has 0 radical (unpaired) electrons. The van der Waals surface area contributed by atoms with Gasteiger partial charge in [0.05, 0.1) is 30.9 Å². The summed E-state index contributed by atoms with van der Waals surface area (Å²) in [7, 11) is 2.61. The van der Waals surface area contributed by atoms with Crippen LogP contribution in [0.1, 0.15) is 26.3 Å². The lowest BCUT2D eigenvalue weighted by molar-refractivity contribution is 0.0556. The number of nitrogens with zero attached hydrogens (tertiary/aromatic N) is 1. The summed E-state index contributed by atoms with van der Waals surface area (Å²) in [6.45, 7) is 0.555. The number of aromatic nitrogens is 1. The Hall–Kier alpha value is -3.60. The lowest BCUT2D eigenvalue weighted by Crippen LogP contribution is -2.14. The minimum absolute atomic E-state index is 0.193. The topological polar surface area (TPSA) is 57.5 Å². The Morgan fingerprint density at radius 2 is 1.46 bits per heavy atom. The average Bonchev–Trinajstić information content (AvgIpc) is 3.06. The number of hydrogen-bond donors (Lipinski definition) is 0. The molecule has 0 fully saturated rings. The molecule has 0 spiro atoms. The molecule has 4 rings (SSSR count). The van der Waals surface area contributed by atoms with Crippen LogP contribution in [0.15, 0.2) is 66.7 Å². The third kappa shape index (κ3) is 2.81. The summed E-state index contributed by atoms with van der Waals surface area (Å²) in [5.74, 6) is -1.14. The van der Waals surface area contributed by atoms with Crippen molar-refractivity contribution in [1.29, 1.82) is 0 Å². The lowest BCUT2D eigenvalue weighted by Gasteiger charge is -2.13. The van der Waals surface area contributed by atoms with Gasteiger partial charge in [-0.2, -0.15) is 0 Å². The molecule has 0 bridgehead atoms. The molecule has 1 aromatic heterocycles. The van der Waals surface area contributed by atoms with Gasteiger partial charge in [0.1, 0.15) is 0 Å². The maximum Gasteiger partial charge on any atom is 0.340 e. The number of rotatable bonds is 4. The van der Waals surface area contributed by atoms with Crippen molar-refractivity contribution in [2.75, 3.05) is 14.2 Å². The molecule has 3 aromatic carbocycles. The number of carbonyl (C=O) groups is 2.